The number of alkyl halides is 3. The van der Waals surface area contributed by atoms with E-state index < -0.39 is 27.1 Å². The summed E-state index contributed by atoms with van der Waals surface area (Å²) < 4.78 is 75.8. The molecule has 4 rings (SSSR count). The lowest BCUT2D eigenvalue weighted by molar-refractivity contribution is -0.155. The Morgan fingerprint density at radius 3 is 2.62 bits per heavy atom. The minimum Gasteiger partial charge on any atom is -0.441 e. The number of rotatable bonds is 3. The molecule has 0 fully saturated rings. The minimum absolute atomic E-state index is 0.0456. The van der Waals surface area contributed by atoms with Gasteiger partial charge in [0, 0.05) is 38.5 Å². The van der Waals surface area contributed by atoms with Crippen LogP contribution in [0.15, 0.2) is 49.3 Å². The van der Waals surface area contributed by atoms with Crippen LogP contribution in [0.2, 0.25) is 0 Å². The number of sulfonamides is 1. The van der Waals surface area contributed by atoms with Gasteiger partial charge >= 0.3 is 6.18 Å². The Kier molecular flexibility index (Phi) is 4.42. The molecule has 0 atom stereocenters. The molecule has 4 heterocycles. The lowest BCUT2D eigenvalue weighted by atomic mass is 10.0. The van der Waals surface area contributed by atoms with Gasteiger partial charge in [0.15, 0.2) is 5.76 Å². The molecule has 8 nitrogen and oxygen atoms in total. The predicted molar refractivity (Wildman–Crippen MR) is 92.2 cm³/mol. The van der Waals surface area contributed by atoms with Gasteiger partial charge in [-0.15, -0.1) is 0 Å². The van der Waals surface area contributed by atoms with Crippen LogP contribution in [0.25, 0.3) is 11.5 Å². The quantitative estimate of drug-likeness (QED) is 0.634. The first kappa shape index (κ1) is 19.5. The highest BCUT2D eigenvalue weighted by Crippen LogP contribution is 2.34. The second kappa shape index (κ2) is 6.59. The van der Waals surface area contributed by atoms with Crippen LogP contribution in [0.4, 0.5) is 13.2 Å². The predicted octanol–water partition coefficient (Wildman–Crippen LogP) is 2.40. The number of pyridine rings is 1. The van der Waals surface area contributed by atoms with Gasteiger partial charge in [0.05, 0.1) is 0 Å². The minimum atomic E-state index is -4.71. The van der Waals surface area contributed by atoms with Crippen molar-refractivity contribution in [3.8, 4) is 11.5 Å². The molecule has 3 aromatic heterocycles. The van der Waals surface area contributed by atoms with Crippen LogP contribution in [-0.2, 0) is 36.2 Å². The maximum absolute atomic E-state index is 12.9. The number of furan rings is 1. The number of aryl methyl sites for hydroxylation is 1. The summed E-state index contributed by atoms with van der Waals surface area (Å²) in [7, 11) is -2.47. The fraction of sp³-hybridized carbons (Fsp3) is 0.294. The highest BCUT2D eigenvalue weighted by Gasteiger charge is 2.37. The summed E-state index contributed by atoms with van der Waals surface area (Å²) in [5.74, 6) is -1.48. The van der Waals surface area contributed by atoms with Crippen molar-refractivity contribution < 1.29 is 30.5 Å². The highest BCUT2D eigenvalue weighted by atomic mass is 32.2. The molecule has 1 aliphatic heterocycles. The van der Waals surface area contributed by atoms with Crippen molar-refractivity contribution in [2.24, 2.45) is 7.05 Å². The van der Waals surface area contributed by atoms with Crippen molar-refractivity contribution in [2.75, 3.05) is 6.54 Å². The Morgan fingerprint density at radius 1 is 1.17 bits per heavy atom. The van der Waals surface area contributed by atoms with E-state index in [4.69, 9.17) is 4.42 Å². The van der Waals surface area contributed by atoms with E-state index in [1.807, 2.05) is 0 Å². The third-order valence-corrected chi connectivity index (χ3v) is 6.32. The molecule has 0 saturated carbocycles. The van der Waals surface area contributed by atoms with Crippen molar-refractivity contribution in [2.45, 2.75) is 24.2 Å². The van der Waals surface area contributed by atoms with Gasteiger partial charge in [-0.3, -0.25) is 4.79 Å². The molecule has 1 aliphatic rings. The lowest BCUT2D eigenvalue weighted by Gasteiger charge is -2.27. The standard InChI is InChI=1S/C17H14F3N3O5S/c1-22-8-11-9-23(5-4-10(11)6-15(22)24)29(25,26)16-3-2-13(27-16)12-7-14(28-21-12)17(18,19)20/h2-3,6-8H,4-5,9H2,1H3. The summed E-state index contributed by atoms with van der Waals surface area (Å²) in [6.07, 6.45) is -2.77. The Hall–Kier alpha value is -2.86. The van der Waals surface area contributed by atoms with Gasteiger partial charge in [-0.2, -0.15) is 17.5 Å². The van der Waals surface area contributed by atoms with Gasteiger partial charge in [-0.05, 0) is 29.7 Å². The third-order valence-electron chi connectivity index (χ3n) is 4.60. The van der Waals surface area contributed by atoms with E-state index in [1.165, 1.54) is 21.0 Å². The maximum atomic E-state index is 12.9. The summed E-state index contributed by atoms with van der Waals surface area (Å²) >= 11 is 0. The number of hydrogen-bond donors (Lipinski definition) is 0. The van der Waals surface area contributed by atoms with Crippen molar-refractivity contribution in [1.29, 1.82) is 0 Å². The van der Waals surface area contributed by atoms with E-state index >= 15 is 0 Å². The van der Waals surface area contributed by atoms with Crippen LogP contribution in [-0.4, -0.2) is 29.0 Å². The first-order valence-corrected chi connectivity index (χ1v) is 9.82. The van der Waals surface area contributed by atoms with E-state index in [9.17, 15) is 26.4 Å². The van der Waals surface area contributed by atoms with E-state index in [0.717, 1.165) is 11.6 Å². The van der Waals surface area contributed by atoms with Crippen LogP contribution < -0.4 is 5.56 Å². The van der Waals surface area contributed by atoms with Crippen LogP contribution in [0.5, 0.6) is 0 Å². The largest absolute Gasteiger partial charge is 0.452 e. The number of hydrogen-bond acceptors (Lipinski definition) is 6. The molecular formula is C17H14F3N3O5S. The fourth-order valence-corrected chi connectivity index (χ4v) is 4.40. The van der Waals surface area contributed by atoms with Crippen LogP contribution >= 0.6 is 0 Å². The number of fused-ring (bicyclic) bond motifs is 1. The highest BCUT2D eigenvalue weighted by molar-refractivity contribution is 7.89. The van der Waals surface area contributed by atoms with Gasteiger partial charge in [0.25, 0.3) is 15.6 Å². The normalized spacial score (nSPS) is 15.4. The second-order valence-corrected chi connectivity index (χ2v) is 8.42. The molecular weight excluding hydrogens is 415 g/mol. The zero-order valence-electron chi connectivity index (χ0n) is 14.9. The third kappa shape index (κ3) is 3.49. The number of nitrogens with zero attached hydrogens (tertiary/aromatic N) is 3. The van der Waals surface area contributed by atoms with Crippen molar-refractivity contribution >= 4 is 10.0 Å². The molecule has 0 aliphatic carbocycles. The second-order valence-electron chi connectivity index (χ2n) is 6.55. The van der Waals surface area contributed by atoms with Crippen LogP contribution in [0, 0.1) is 0 Å². The maximum Gasteiger partial charge on any atom is 0.452 e. The Bertz CT molecular complexity index is 1240. The summed E-state index contributed by atoms with van der Waals surface area (Å²) in [4.78, 5) is 11.7. The molecule has 3 aromatic rings. The van der Waals surface area contributed by atoms with Crippen LogP contribution in [0.3, 0.4) is 0 Å². The van der Waals surface area contributed by atoms with Gasteiger partial charge in [-0.1, -0.05) is 5.16 Å². The number of halogens is 3. The molecule has 29 heavy (non-hydrogen) atoms. The van der Waals surface area contributed by atoms with Crippen molar-refractivity contribution in [3.05, 3.63) is 57.7 Å². The molecule has 0 amide bonds. The smallest absolute Gasteiger partial charge is 0.441 e. The molecule has 0 N–H and O–H groups in total. The zero-order valence-corrected chi connectivity index (χ0v) is 15.7. The van der Waals surface area contributed by atoms with E-state index in [2.05, 4.69) is 9.68 Å². The monoisotopic (exact) mass is 429 g/mol. The van der Waals surface area contributed by atoms with Crippen molar-refractivity contribution in [1.82, 2.24) is 14.0 Å². The summed E-state index contributed by atoms with van der Waals surface area (Å²) in [5, 5.41) is 2.86. The topological polar surface area (TPSA) is 98.6 Å². The first-order chi connectivity index (χ1) is 13.6. The van der Waals surface area contributed by atoms with Gasteiger partial charge in [0.1, 0.15) is 5.69 Å². The molecule has 0 bridgehead atoms. The van der Waals surface area contributed by atoms with Crippen molar-refractivity contribution in [3.63, 3.8) is 0 Å². The van der Waals surface area contributed by atoms with Gasteiger partial charge < -0.3 is 13.5 Å². The van der Waals surface area contributed by atoms with E-state index in [-0.39, 0.29) is 30.1 Å². The molecule has 0 aromatic carbocycles. The Labute approximate surface area is 162 Å². The Balaban J connectivity index is 1.61. The molecule has 0 unspecified atom stereocenters. The molecule has 12 heteroatoms. The van der Waals surface area contributed by atoms with E-state index in [0.29, 0.717) is 18.1 Å². The summed E-state index contributed by atoms with van der Waals surface area (Å²) in [5.41, 5.74) is 1.03. The molecule has 0 saturated heterocycles. The van der Waals surface area contributed by atoms with Crippen LogP contribution in [0.1, 0.15) is 16.9 Å². The van der Waals surface area contributed by atoms with Gasteiger partial charge in [-0.25, -0.2) is 8.42 Å². The SMILES string of the molecule is Cn1cc2c(cc1=O)CCN(S(=O)(=O)c1ccc(-c3cc(C(F)(F)F)on3)o1)C2. The molecule has 0 spiro atoms. The number of aromatic nitrogens is 2. The average Bonchev–Trinajstić information content (AvgIpc) is 3.31. The molecule has 154 valence electrons. The fourth-order valence-electron chi connectivity index (χ4n) is 3.07. The molecule has 0 radical (unpaired) electrons. The Morgan fingerprint density at radius 2 is 1.93 bits per heavy atom. The summed E-state index contributed by atoms with van der Waals surface area (Å²) in [6, 6.07) is 4.48. The summed E-state index contributed by atoms with van der Waals surface area (Å²) in [6.45, 7) is 0.185. The van der Waals surface area contributed by atoms with Gasteiger partial charge in [0.2, 0.25) is 10.9 Å². The lowest BCUT2D eigenvalue weighted by Crippen LogP contribution is -2.37. The van der Waals surface area contributed by atoms with E-state index in [1.54, 1.807) is 13.2 Å². The first-order valence-electron chi connectivity index (χ1n) is 8.38. The average molecular weight is 429 g/mol. The zero-order chi connectivity index (χ0) is 21.0.